The largest absolute Gasteiger partial charge is 0.417 e. The molecule has 3 rings (SSSR count). The number of benzene rings is 2. The first-order chi connectivity index (χ1) is 16.8. The average Bonchev–Trinajstić information content (AvgIpc) is 3.25. The van der Waals surface area contributed by atoms with Crippen molar-refractivity contribution in [3.05, 3.63) is 58.6 Å². The Morgan fingerprint density at radius 2 is 1.75 bits per heavy atom. The molecule has 16 heteroatoms. The van der Waals surface area contributed by atoms with Crippen LogP contribution in [0.5, 0.6) is 0 Å². The first kappa shape index (κ1) is 27.9. The highest BCUT2D eigenvalue weighted by atomic mass is 35.5. The van der Waals surface area contributed by atoms with E-state index in [4.69, 9.17) is 11.6 Å². The number of aromatic nitrogens is 2. The van der Waals surface area contributed by atoms with Gasteiger partial charge in [0.05, 0.1) is 26.9 Å². The Balaban J connectivity index is 1.57. The molecule has 0 aliphatic rings. The molecule has 36 heavy (non-hydrogen) atoms. The van der Waals surface area contributed by atoms with Crippen LogP contribution in [-0.4, -0.2) is 54.6 Å². The fraction of sp³-hybridized carbons (Fsp3) is 0.200. The Labute approximate surface area is 217 Å². The highest BCUT2D eigenvalue weighted by molar-refractivity contribution is 8.01. The van der Waals surface area contributed by atoms with E-state index in [0.717, 1.165) is 39.5 Å². The van der Waals surface area contributed by atoms with Crippen LogP contribution >= 0.6 is 34.7 Å². The van der Waals surface area contributed by atoms with Crippen LogP contribution in [0.15, 0.2) is 51.7 Å². The van der Waals surface area contributed by atoms with E-state index in [1.165, 1.54) is 44.4 Å². The SMILES string of the molecule is CN(C)S(=O)(=O)c1ccc(C(=O)Nc2nnc(SCC(=O)Nc3cccc(C(F)(F)F)c3Cl)s2)cc1. The molecule has 0 unspecified atom stereocenters. The minimum Gasteiger partial charge on any atom is -0.324 e. The number of hydrogen-bond acceptors (Lipinski definition) is 8. The Morgan fingerprint density at radius 3 is 2.36 bits per heavy atom. The number of alkyl halides is 3. The van der Waals surface area contributed by atoms with Gasteiger partial charge in [-0.1, -0.05) is 40.8 Å². The Kier molecular flexibility index (Phi) is 8.61. The molecule has 0 atom stereocenters. The number of carbonyl (C=O) groups excluding carboxylic acids is 2. The number of halogens is 4. The van der Waals surface area contributed by atoms with Crippen LogP contribution in [0.4, 0.5) is 24.0 Å². The van der Waals surface area contributed by atoms with Gasteiger partial charge in [-0.25, -0.2) is 12.7 Å². The fourth-order valence-electron chi connectivity index (χ4n) is 2.64. The van der Waals surface area contributed by atoms with E-state index in [9.17, 15) is 31.2 Å². The number of thioether (sulfide) groups is 1. The van der Waals surface area contributed by atoms with Crippen LogP contribution in [0.1, 0.15) is 15.9 Å². The van der Waals surface area contributed by atoms with Gasteiger partial charge in [0.2, 0.25) is 21.1 Å². The Bertz CT molecular complexity index is 1380. The van der Waals surface area contributed by atoms with Gasteiger partial charge in [0.1, 0.15) is 0 Å². The summed E-state index contributed by atoms with van der Waals surface area (Å²) < 4.78 is 64.5. The van der Waals surface area contributed by atoms with Crippen LogP contribution in [0.25, 0.3) is 0 Å². The van der Waals surface area contributed by atoms with Crippen molar-refractivity contribution < 1.29 is 31.2 Å². The summed E-state index contributed by atoms with van der Waals surface area (Å²) in [6.07, 6.45) is -4.66. The van der Waals surface area contributed by atoms with E-state index in [2.05, 4.69) is 20.8 Å². The van der Waals surface area contributed by atoms with Crippen molar-refractivity contribution in [1.29, 1.82) is 0 Å². The summed E-state index contributed by atoms with van der Waals surface area (Å²) in [6, 6.07) is 8.51. The minimum absolute atomic E-state index is 0.0309. The first-order valence-corrected chi connectivity index (χ1v) is 13.4. The molecule has 1 aromatic heterocycles. The zero-order valence-corrected chi connectivity index (χ0v) is 21.7. The molecular weight excluding hydrogens is 563 g/mol. The first-order valence-electron chi connectivity index (χ1n) is 9.75. The molecule has 0 aliphatic carbocycles. The van der Waals surface area contributed by atoms with Crippen LogP contribution in [-0.2, 0) is 21.0 Å². The molecule has 0 saturated heterocycles. The predicted molar refractivity (Wildman–Crippen MR) is 131 cm³/mol. The summed E-state index contributed by atoms with van der Waals surface area (Å²) in [7, 11) is -0.843. The van der Waals surface area contributed by atoms with Gasteiger partial charge in [0.25, 0.3) is 5.91 Å². The highest BCUT2D eigenvalue weighted by Gasteiger charge is 2.34. The van der Waals surface area contributed by atoms with Crippen LogP contribution < -0.4 is 10.6 Å². The summed E-state index contributed by atoms with van der Waals surface area (Å²) in [5, 5.41) is 12.0. The molecular formula is C20H17ClF3N5O4S3. The van der Waals surface area contributed by atoms with Crippen LogP contribution in [0.3, 0.4) is 0 Å². The maximum atomic E-state index is 13.0. The van der Waals surface area contributed by atoms with Crippen molar-refractivity contribution in [2.24, 2.45) is 0 Å². The van der Waals surface area contributed by atoms with Gasteiger partial charge in [0.15, 0.2) is 4.34 Å². The molecule has 9 nitrogen and oxygen atoms in total. The molecule has 0 saturated carbocycles. The lowest BCUT2D eigenvalue weighted by Crippen LogP contribution is -2.22. The third-order valence-corrected chi connectivity index (χ3v) is 8.64. The molecule has 0 radical (unpaired) electrons. The normalized spacial score (nSPS) is 12.0. The van der Waals surface area contributed by atoms with Gasteiger partial charge in [-0.15, -0.1) is 10.2 Å². The fourth-order valence-corrected chi connectivity index (χ4v) is 5.37. The number of amides is 2. The molecule has 2 N–H and O–H groups in total. The topological polar surface area (TPSA) is 121 Å². The Morgan fingerprint density at radius 1 is 1.08 bits per heavy atom. The second-order valence-electron chi connectivity index (χ2n) is 7.14. The summed E-state index contributed by atoms with van der Waals surface area (Å²) in [5.74, 6) is -1.36. The van der Waals surface area contributed by atoms with Crippen molar-refractivity contribution in [3.8, 4) is 0 Å². The van der Waals surface area contributed by atoms with Gasteiger partial charge in [0, 0.05) is 19.7 Å². The van der Waals surface area contributed by atoms with Gasteiger partial charge in [-0.05, 0) is 36.4 Å². The number of nitrogens with one attached hydrogen (secondary N) is 2. The van der Waals surface area contributed by atoms with E-state index in [1.807, 2.05) is 0 Å². The van der Waals surface area contributed by atoms with Gasteiger partial charge >= 0.3 is 6.18 Å². The molecule has 0 fully saturated rings. The molecule has 1 heterocycles. The number of hydrogen-bond donors (Lipinski definition) is 2. The molecule has 192 valence electrons. The summed E-state index contributed by atoms with van der Waals surface area (Å²) in [4.78, 5) is 24.6. The van der Waals surface area contributed by atoms with Crippen molar-refractivity contribution in [3.63, 3.8) is 0 Å². The van der Waals surface area contributed by atoms with E-state index >= 15 is 0 Å². The second-order valence-corrected chi connectivity index (χ2v) is 11.9. The quantitative estimate of drug-likeness (QED) is 0.299. The monoisotopic (exact) mass is 579 g/mol. The number of carbonyl (C=O) groups is 2. The van der Waals surface area contributed by atoms with Crippen molar-refractivity contribution in [2.75, 3.05) is 30.5 Å². The van der Waals surface area contributed by atoms with Crippen molar-refractivity contribution in [1.82, 2.24) is 14.5 Å². The van der Waals surface area contributed by atoms with Gasteiger partial charge < -0.3 is 5.32 Å². The standard InChI is InChI=1S/C20H17ClF3N5O4S3/c1-29(2)36(32,33)12-8-6-11(7-9-12)17(31)26-18-27-28-19(35-18)34-10-15(30)25-14-5-3-4-13(16(14)21)20(22,23)24/h3-9H,10H2,1-2H3,(H,25,30)(H,26,27,31). The lowest BCUT2D eigenvalue weighted by Gasteiger charge is -2.12. The van der Waals surface area contributed by atoms with E-state index in [1.54, 1.807) is 0 Å². The number of rotatable bonds is 8. The summed E-state index contributed by atoms with van der Waals surface area (Å²) in [6.45, 7) is 0. The number of anilines is 2. The maximum absolute atomic E-state index is 13.0. The molecule has 2 amide bonds. The van der Waals surface area contributed by atoms with E-state index < -0.39 is 38.6 Å². The minimum atomic E-state index is -4.66. The lowest BCUT2D eigenvalue weighted by atomic mass is 10.2. The summed E-state index contributed by atoms with van der Waals surface area (Å²) in [5.41, 5.74) is -1.05. The molecule has 0 aliphatic heterocycles. The second kappa shape index (κ2) is 11.1. The maximum Gasteiger partial charge on any atom is 0.417 e. The smallest absolute Gasteiger partial charge is 0.324 e. The highest BCUT2D eigenvalue weighted by Crippen LogP contribution is 2.38. The lowest BCUT2D eigenvalue weighted by molar-refractivity contribution is -0.137. The predicted octanol–water partition coefficient (Wildman–Crippen LogP) is 4.44. The molecule has 2 aromatic carbocycles. The van der Waals surface area contributed by atoms with E-state index in [-0.39, 0.29) is 27.0 Å². The van der Waals surface area contributed by atoms with Gasteiger partial charge in [-0.2, -0.15) is 13.2 Å². The van der Waals surface area contributed by atoms with Crippen LogP contribution in [0.2, 0.25) is 5.02 Å². The van der Waals surface area contributed by atoms with Crippen molar-refractivity contribution >= 4 is 67.4 Å². The number of nitrogens with zero attached hydrogens (tertiary/aromatic N) is 3. The van der Waals surface area contributed by atoms with Gasteiger partial charge in [-0.3, -0.25) is 14.9 Å². The average molecular weight is 580 g/mol. The third-order valence-electron chi connectivity index (χ3n) is 4.43. The molecule has 0 bridgehead atoms. The zero-order chi connectivity index (χ0) is 26.7. The molecule has 3 aromatic rings. The summed E-state index contributed by atoms with van der Waals surface area (Å²) >= 11 is 7.70. The van der Waals surface area contributed by atoms with Crippen molar-refractivity contribution in [2.45, 2.75) is 15.4 Å². The molecule has 0 spiro atoms. The Hall–Kier alpha value is -2.72. The van der Waals surface area contributed by atoms with E-state index in [0.29, 0.717) is 4.34 Å². The number of sulfonamides is 1. The van der Waals surface area contributed by atoms with Crippen LogP contribution in [0, 0.1) is 0 Å². The third kappa shape index (κ3) is 6.73. The zero-order valence-electron chi connectivity index (χ0n) is 18.5.